The Morgan fingerprint density at radius 1 is 1.43 bits per heavy atom. The van der Waals surface area contributed by atoms with E-state index < -0.39 is 0 Å². The summed E-state index contributed by atoms with van der Waals surface area (Å²) in [5.41, 5.74) is 0.980. The van der Waals surface area contributed by atoms with Crippen LogP contribution in [0.2, 0.25) is 0 Å². The van der Waals surface area contributed by atoms with Crippen LogP contribution < -0.4 is 5.32 Å². The summed E-state index contributed by atoms with van der Waals surface area (Å²) >= 11 is 1.74. The molecule has 14 heavy (non-hydrogen) atoms. The first-order valence-corrected chi connectivity index (χ1v) is 5.27. The highest BCUT2D eigenvalue weighted by Crippen LogP contribution is 2.11. The van der Waals surface area contributed by atoms with Gasteiger partial charge in [-0.05, 0) is 18.4 Å². The molecule has 4 heteroatoms. The molecular formula is C10H11N3S. The Kier molecular flexibility index (Phi) is 2.74. The largest absolute Gasteiger partial charge is 0.365 e. The Bertz CT molecular complexity index is 398. The highest BCUT2D eigenvalue weighted by molar-refractivity contribution is 7.09. The molecule has 0 amide bonds. The number of rotatable bonds is 3. The second-order valence-electron chi connectivity index (χ2n) is 2.98. The number of nitrogens with zero attached hydrogens (tertiary/aromatic N) is 2. The van der Waals surface area contributed by atoms with Crippen LogP contribution in [0, 0.1) is 6.92 Å². The lowest BCUT2D eigenvalue weighted by atomic mass is 10.4. The van der Waals surface area contributed by atoms with E-state index in [0.29, 0.717) is 0 Å². The molecule has 0 radical (unpaired) electrons. The van der Waals surface area contributed by atoms with Crippen LogP contribution in [0.4, 0.5) is 5.82 Å². The van der Waals surface area contributed by atoms with Crippen molar-refractivity contribution in [3.63, 3.8) is 0 Å². The summed E-state index contributed by atoms with van der Waals surface area (Å²) < 4.78 is 0. The van der Waals surface area contributed by atoms with Gasteiger partial charge in [0.05, 0.1) is 6.54 Å². The Balaban J connectivity index is 1.98. The van der Waals surface area contributed by atoms with Gasteiger partial charge in [-0.2, -0.15) is 0 Å². The Morgan fingerprint density at radius 2 is 2.36 bits per heavy atom. The van der Waals surface area contributed by atoms with Gasteiger partial charge in [0.2, 0.25) is 0 Å². The minimum Gasteiger partial charge on any atom is -0.365 e. The third-order valence-corrected chi connectivity index (χ3v) is 2.70. The zero-order valence-corrected chi connectivity index (χ0v) is 8.71. The maximum Gasteiger partial charge on any atom is 0.129 e. The Hall–Kier alpha value is -1.42. The van der Waals surface area contributed by atoms with E-state index in [0.717, 1.165) is 18.1 Å². The normalized spacial score (nSPS) is 10.1. The summed E-state index contributed by atoms with van der Waals surface area (Å²) in [4.78, 5) is 9.46. The molecule has 0 atom stereocenters. The lowest BCUT2D eigenvalue weighted by Crippen LogP contribution is -2.00. The molecule has 3 nitrogen and oxygen atoms in total. The Labute approximate surface area is 86.8 Å². The van der Waals surface area contributed by atoms with Gasteiger partial charge in [0.15, 0.2) is 0 Å². The summed E-state index contributed by atoms with van der Waals surface area (Å²) in [6.45, 7) is 2.78. The van der Waals surface area contributed by atoms with Crippen molar-refractivity contribution >= 4 is 17.2 Å². The lowest BCUT2D eigenvalue weighted by Gasteiger charge is -2.03. The van der Waals surface area contributed by atoms with Crippen molar-refractivity contribution in [2.75, 3.05) is 5.32 Å². The third-order valence-electron chi connectivity index (χ3n) is 1.83. The third kappa shape index (κ3) is 2.29. The van der Waals surface area contributed by atoms with Crippen LogP contribution in [0.3, 0.4) is 0 Å². The van der Waals surface area contributed by atoms with Gasteiger partial charge in [-0.3, -0.25) is 0 Å². The monoisotopic (exact) mass is 205 g/mol. The Morgan fingerprint density at radius 3 is 3.07 bits per heavy atom. The second-order valence-corrected chi connectivity index (χ2v) is 4.01. The maximum atomic E-state index is 4.12. The number of nitrogens with one attached hydrogen (secondary N) is 1. The van der Waals surface area contributed by atoms with Crippen LogP contribution in [0.15, 0.2) is 29.9 Å². The molecule has 0 saturated heterocycles. The van der Waals surface area contributed by atoms with Gasteiger partial charge in [-0.1, -0.05) is 6.07 Å². The van der Waals surface area contributed by atoms with Crippen LogP contribution in [-0.4, -0.2) is 9.97 Å². The average molecular weight is 205 g/mol. The van der Waals surface area contributed by atoms with Crippen LogP contribution in [0.1, 0.15) is 10.6 Å². The summed E-state index contributed by atoms with van der Waals surface area (Å²) in [5.74, 6) is 0.880. The maximum absolute atomic E-state index is 4.12. The number of hydrogen-bond acceptors (Lipinski definition) is 4. The zero-order valence-electron chi connectivity index (χ0n) is 7.90. The van der Waals surface area contributed by atoms with E-state index in [9.17, 15) is 0 Å². The molecule has 0 spiro atoms. The van der Waals surface area contributed by atoms with E-state index in [1.54, 1.807) is 17.7 Å². The average Bonchev–Trinajstić information content (AvgIpc) is 2.67. The number of hydrogen-bond donors (Lipinski definition) is 1. The minimum atomic E-state index is 0.828. The number of aromatic nitrogens is 2. The fraction of sp³-hybridized carbons (Fsp3) is 0.200. The van der Waals surface area contributed by atoms with Gasteiger partial charge >= 0.3 is 0 Å². The minimum absolute atomic E-state index is 0.828. The van der Waals surface area contributed by atoms with Crippen molar-refractivity contribution in [2.24, 2.45) is 0 Å². The molecule has 0 fully saturated rings. The molecule has 2 rings (SSSR count). The molecule has 0 bridgehead atoms. The topological polar surface area (TPSA) is 37.8 Å². The molecule has 0 aliphatic rings. The highest BCUT2D eigenvalue weighted by Gasteiger charge is 1.96. The van der Waals surface area contributed by atoms with Crippen LogP contribution in [0.25, 0.3) is 0 Å². The van der Waals surface area contributed by atoms with E-state index in [2.05, 4.69) is 26.7 Å². The number of aryl methyl sites for hydroxylation is 1. The molecule has 1 N–H and O–H groups in total. The summed E-state index contributed by atoms with van der Waals surface area (Å²) in [7, 11) is 0. The van der Waals surface area contributed by atoms with Crippen LogP contribution >= 0.6 is 11.3 Å². The molecule has 0 aliphatic heterocycles. The van der Waals surface area contributed by atoms with Crippen LogP contribution in [0.5, 0.6) is 0 Å². The van der Waals surface area contributed by atoms with Gasteiger partial charge in [0.1, 0.15) is 12.1 Å². The van der Waals surface area contributed by atoms with Gasteiger partial charge in [0.25, 0.3) is 0 Å². The fourth-order valence-corrected chi connectivity index (χ4v) is 1.79. The summed E-state index contributed by atoms with van der Waals surface area (Å²) in [6, 6.07) is 6.09. The molecule has 0 aliphatic carbocycles. The van der Waals surface area contributed by atoms with E-state index in [-0.39, 0.29) is 0 Å². The zero-order chi connectivity index (χ0) is 9.80. The first kappa shape index (κ1) is 9.15. The van der Waals surface area contributed by atoms with E-state index >= 15 is 0 Å². The van der Waals surface area contributed by atoms with Crippen molar-refractivity contribution in [2.45, 2.75) is 13.5 Å². The number of thiophene rings is 1. The second kappa shape index (κ2) is 4.19. The summed E-state index contributed by atoms with van der Waals surface area (Å²) in [6.07, 6.45) is 1.58. The first-order valence-electron chi connectivity index (χ1n) is 4.39. The van der Waals surface area contributed by atoms with E-state index in [1.807, 2.05) is 19.1 Å². The quantitative estimate of drug-likeness (QED) is 0.836. The molecule has 2 aromatic heterocycles. The number of anilines is 1. The smallest absolute Gasteiger partial charge is 0.129 e. The molecule has 0 unspecified atom stereocenters. The predicted molar refractivity (Wildman–Crippen MR) is 58.4 cm³/mol. The van der Waals surface area contributed by atoms with Gasteiger partial charge in [-0.25, -0.2) is 9.97 Å². The van der Waals surface area contributed by atoms with Crippen LogP contribution in [-0.2, 0) is 6.54 Å². The SMILES string of the molecule is Cc1cc(NCc2cccs2)ncn1. The van der Waals surface area contributed by atoms with Crippen molar-refractivity contribution < 1.29 is 0 Å². The van der Waals surface area contributed by atoms with Crippen molar-refractivity contribution in [3.05, 3.63) is 40.5 Å². The van der Waals surface area contributed by atoms with Gasteiger partial charge < -0.3 is 5.32 Å². The standard InChI is InChI=1S/C10H11N3S/c1-8-5-10(13-7-12-8)11-6-9-3-2-4-14-9/h2-5,7H,6H2,1H3,(H,11,12,13). The molecule has 2 aromatic rings. The lowest BCUT2D eigenvalue weighted by molar-refractivity contribution is 1.06. The molecule has 0 aromatic carbocycles. The molecule has 2 heterocycles. The summed E-state index contributed by atoms with van der Waals surface area (Å²) in [5, 5.41) is 5.32. The van der Waals surface area contributed by atoms with E-state index in [4.69, 9.17) is 0 Å². The molecule has 72 valence electrons. The van der Waals surface area contributed by atoms with Gasteiger partial charge in [0, 0.05) is 16.6 Å². The first-order chi connectivity index (χ1) is 6.84. The van der Waals surface area contributed by atoms with Crippen molar-refractivity contribution in [3.8, 4) is 0 Å². The van der Waals surface area contributed by atoms with E-state index in [1.165, 1.54) is 4.88 Å². The predicted octanol–water partition coefficient (Wildman–Crippen LogP) is 2.46. The van der Waals surface area contributed by atoms with Gasteiger partial charge in [-0.15, -0.1) is 11.3 Å². The fourth-order valence-electron chi connectivity index (χ4n) is 1.14. The molecule has 0 saturated carbocycles. The molecular weight excluding hydrogens is 194 g/mol. The highest BCUT2D eigenvalue weighted by atomic mass is 32.1. The van der Waals surface area contributed by atoms with Crippen molar-refractivity contribution in [1.29, 1.82) is 0 Å². The van der Waals surface area contributed by atoms with Crippen molar-refractivity contribution in [1.82, 2.24) is 9.97 Å².